The molecule has 2 rings (SSSR count). The zero-order valence-electron chi connectivity index (χ0n) is 11.9. The largest absolute Gasteiger partial charge is 0.393 e. The van der Waals surface area contributed by atoms with E-state index in [-0.39, 0.29) is 11.5 Å². The highest BCUT2D eigenvalue weighted by Crippen LogP contribution is 2.29. The standard InChI is InChI=1S/C15H26N2O/c1-15(2,3)14(18)9-8-12-10-11-17(16-12)13-6-4-5-7-13/h10-11,13-14,18H,4-9H2,1-3H3. The van der Waals surface area contributed by atoms with Crippen molar-refractivity contribution in [3.05, 3.63) is 18.0 Å². The monoisotopic (exact) mass is 250 g/mol. The van der Waals surface area contributed by atoms with Gasteiger partial charge in [-0.2, -0.15) is 5.10 Å². The van der Waals surface area contributed by atoms with Crippen LogP contribution in [0.1, 0.15) is 64.6 Å². The molecule has 0 saturated heterocycles. The number of aliphatic hydroxyl groups is 1. The van der Waals surface area contributed by atoms with Gasteiger partial charge >= 0.3 is 0 Å². The lowest BCUT2D eigenvalue weighted by molar-refractivity contribution is 0.0557. The van der Waals surface area contributed by atoms with Gasteiger partial charge in [-0.15, -0.1) is 0 Å². The van der Waals surface area contributed by atoms with E-state index in [1.54, 1.807) is 0 Å². The quantitative estimate of drug-likeness (QED) is 0.890. The Kier molecular flexibility index (Phi) is 4.10. The SMILES string of the molecule is CC(C)(C)C(O)CCc1ccn(C2CCCC2)n1. The number of rotatable bonds is 4. The van der Waals surface area contributed by atoms with Gasteiger partial charge in [0.25, 0.3) is 0 Å². The molecule has 1 aliphatic rings. The number of hydrogen-bond acceptors (Lipinski definition) is 2. The molecule has 1 aliphatic carbocycles. The molecule has 0 aliphatic heterocycles. The van der Waals surface area contributed by atoms with Crippen LogP contribution < -0.4 is 0 Å². The topological polar surface area (TPSA) is 38.0 Å². The first-order valence-corrected chi connectivity index (χ1v) is 7.19. The Balaban J connectivity index is 1.87. The molecular formula is C15H26N2O. The van der Waals surface area contributed by atoms with E-state index in [0.717, 1.165) is 18.5 Å². The minimum absolute atomic E-state index is 0.0337. The summed E-state index contributed by atoms with van der Waals surface area (Å²) in [6.07, 6.45) is 8.73. The van der Waals surface area contributed by atoms with Crippen LogP contribution in [0.2, 0.25) is 0 Å². The third-order valence-electron chi connectivity index (χ3n) is 4.04. The van der Waals surface area contributed by atoms with Crippen LogP contribution in [0.25, 0.3) is 0 Å². The Morgan fingerprint density at radius 1 is 1.39 bits per heavy atom. The smallest absolute Gasteiger partial charge is 0.0625 e. The van der Waals surface area contributed by atoms with Gasteiger partial charge < -0.3 is 5.11 Å². The van der Waals surface area contributed by atoms with E-state index in [1.165, 1.54) is 25.7 Å². The van der Waals surface area contributed by atoms with Crippen LogP contribution >= 0.6 is 0 Å². The summed E-state index contributed by atoms with van der Waals surface area (Å²) in [7, 11) is 0. The number of aromatic nitrogens is 2. The first-order valence-electron chi connectivity index (χ1n) is 7.19. The minimum atomic E-state index is -0.255. The van der Waals surface area contributed by atoms with Gasteiger partial charge in [-0.25, -0.2) is 0 Å². The zero-order chi connectivity index (χ0) is 13.2. The first-order chi connectivity index (χ1) is 8.47. The number of nitrogens with zero attached hydrogens (tertiary/aromatic N) is 2. The van der Waals surface area contributed by atoms with E-state index < -0.39 is 0 Å². The average Bonchev–Trinajstić information content (AvgIpc) is 2.94. The van der Waals surface area contributed by atoms with E-state index in [9.17, 15) is 5.11 Å². The molecule has 0 aromatic carbocycles. The summed E-state index contributed by atoms with van der Waals surface area (Å²) in [5.41, 5.74) is 1.08. The third-order valence-corrected chi connectivity index (χ3v) is 4.04. The highest BCUT2D eigenvalue weighted by molar-refractivity contribution is 5.01. The van der Waals surface area contributed by atoms with Gasteiger partial charge in [0.15, 0.2) is 0 Å². The fraction of sp³-hybridized carbons (Fsp3) is 0.800. The van der Waals surface area contributed by atoms with Crippen LogP contribution in [-0.4, -0.2) is 21.0 Å². The molecule has 18 heavy (non-hydrogen) atoms. The lowest BCUT2D eigenvalue weighted by atomic mass is 9.86. The Morgan fingerprint density at radius 3 is 2.67 bits per heavy atom. The van der Waals surface area contributed by atoms with E-state index >= 15 is 0 Å². The average molecular weight is 250 g/mol. The normalized spacial score (nSPS) is 19.3. The fourth-order valence-electron chi connectivity index (χ4n) is 2.60. The van der Waals surface area contributed by atoms with Crippen molar-refractivity contribution >= 4 is 0 Å². The molecule has 1 fully saturated rings. The molecule has 1 aromatic rings. The summed E-state index contributed by atoms with van der Waals surface area (Å²) in [4.78, 5) is 0. The lowest BCUT2D eigenvalue weighted by Crippen LogP contribution is -2.26. The summed E-state index contributed by atoms with van der Waals surface area (Å²) in [6, 6.07) is 2.72. The molecule has 1 aromatic heterocycles. The molecule has 0 spiro atoms. The maximum absolute atomic E-state index is 10.0. The molecule has 3 heteroatoms. The zero-order valence-corrected chi connectivity index (χ0v) is 11.9. The van der Waals surface area contributed by atoms with Crippen LogP contribution in [0.3, 0.4) is 0 Å². The minimum Gasteiger partial charge on any atom is -0.393 e. The summed E-state index contributed by atoms with van der Waals surface area (Å²) < 4.78 is 2.13. The second-order valence-electron chi connectivity index (χ2n) is 6.65. The molecule has 0 amide bonds. The van der Waals surface area contributed by atoms with Gasteiger partial charge in [0.1, 0.15) is 0 Å². The van der Waals surface area contributed by atoms with Crippen molar-refractivity contribution in [2.24, 2.45) is 5.41 Å². The van der Waals surface area contributed by atoms with Gasteiger partial charge in [-0.1, -0.05) is 33.6 Å². The maximum atomic E-state index is 10.0. The van der Waals surface area contributed by atoms with E-state index in [4.69, 9.17) is 0 Å². The summed E-state index contributed by atoms with van der Waals surface area (Å²) in [5, 5.41) is 14.7. The molecule has 0 bridgehead atoms. The van der Waals surface area contributed by atoms with Crippen molar-refractivity contribution in [2.45, 2.75) is 71.4 Å². The van der Waals surface area contributed by atoms with E-state index in [0.29, 0.717) is 6.04 Å². The van der Waals surface area contributed by atoms with Crippen LogP contribution in [0.5, 0.6) is 0 Å². The number of aryl methyl sites for hydroxylation is 1. The van der Waals surface area contributed by atoms with Gasteiger partial charge in [-0.05, 0) is 37.2 Å². The Morgan fingerprint density at radius 2 is 2.06 bits per heavy atom. The van der Waals surface area contributed by atoms with Crippen molar-refractivity contribution in [3.63, 3.8) is 0 Å². The van der Waals surface area contributed by atoms with Crippen molar-refractivity contribution < 1.29 is 5.11 Å². The van der Waals surface area contributed by atoms with Gasteiger partial charge in [0.05, 0.1) is 17.8 Å². The Hall–Kier alpha value is -0.830. The lowest BCUT2D eigenvalue weighted by Gasteiger charge is -2.25. The maximum Gasteiger partial charge on any atom is 0.0625 e. The van der Waals surface area contributed by atoms with E-state index in [1.807, 2.05) is 0 Å². The highest BCUT2D eigenvalue weighted by Gasteiger charge is 2.22. The Bertz CT molecular complexity index is 372. The van der Waals surface area contributed by atoms with Gasteiger partial charge in [-0.3, -0.25) is 4.68 Å². The van der Waals surface area contributed by atoms with Crippen LogP contribution in [0.4, 0.5) is 0 Å². The number of aliphatic hydroxyl groups excluding tert-OH is 1. The Labute approximate surface area is 110 Å². The van der Waals surface area contributed by atoms with E-state index in [2.05, 4.69) is 42.8 Å². The molecular weight excluding hydrogens is 224 g/mol. The second kappa shape index (κ2) is 5.43. The van der Waals surface area contributed by atoms with Crippen LogP contribution in [-0.2, 0) is 6.42 Å². The molecule has 1 unspecified atom stereocenters. The molecule has 0 radical (unpaired) electrons. The number of hydrogen-bond donors (Lipinski definition) is 1. The third kappa shape index (κ3) is 3.35. The molecule has 1 atom stereocenters. The molecule has 1 N–H and O–H groups in total. The van der Waals surface area contributed by atoms with Crippen LogP contribution in [0, 0.1) is 5.41 Å². The summed E-state index contributed by atoms with van der Waals surface area (Å²) in [5.74, 6) is 0. The van der Waals surface area contributed by atoms with Crippen molar-refractivity contribution in [2.75, 3.05) is 0 Å². The molecule has 102 valence electrons. The molecule has 1 heterocycles. The van der Waals surface area contributed by atoms with Gasteiger partial charge in [0, 0.05) is 6.20 Å². The molecule has 3 nitrogen and oxygen atoms in total. The van der Waals surface area contributed by atoms with Crippen molar-refractivity contribution in [1.29, 1.82) is 0 Å². The highest BCUT2D eigenvalue weighted by atomic mass is 16.3. The second-order valence-corrected chi connectivity index (χ2v) is 6.65. The van der Waals surface area contributed by atoms with Crippen molar-refractivity contribution in [1.82, 2.24) is 9.78 Å². The van der Waals surface area contributed by atoms with Crippen molar-refractivity contribution in [3.8, 4) is 0 Å². The predicted molar refractivity (Wildman–Crippen MR) is 73.5 cm³/mol. The van der Waals surface area contributed by atoms with Gasteiger partial charge in [0.2, 0.25) is 0 Å². The molecule has 1 saturated carbocycles. The predicted octanol–water partition coefficient (Wildman–Crippen LogP) is 3.34. The first kappa shape index (κ1) is 13.6. The fourth-order valence-corrected chi connectivity index (χ4v) is 2.60. The summed E-state index contributed by atoms with van der Waals surface area (Å²) in [6.45, 7) is 6.23. The van der Waals surface area contributed by atoms with Crippen LogP contribution in [0.15, 0.2) is 12.3 Å². The summed E-state index contributed by atoms with van der Waals surface area (Å²) >= 11 is 0.